The molecule has 1 aliphatic carbocycles. The first-order valence-electron chi connectivity index (χ1n) is 7.43. The van der Waals surface area contributed by atoms with Crippen molar-refractivity contribution in [2.45, 2.75) is 13.0 Å². The molecule has 2 aromatic rings. The fourth-order valence-electron chi connectivity index (χ4n) is 3.13. The molecule has 0 spiro atoms. The number of likely N-dealkylation sites (tertiary alicyclic amines) is 1. The highest BCUT2D eigenvalue weighted by atomic mass is 16.5. The number of hydrogen-bond acceptors (Lipinski definition) is 6. The molecule has 118 valence electrons. The number of nitrogens with one attached hydrogen (secondary N) is 1. The summed E-state index contributed by atoms with van der Waals surface area (Å²) in [6.07, 6.45) is 4.53. The smallest absolute Gasteiger partial charge is 0.290 e. The van der Waals surface area contributed by atoms with Gasteiger partial charge in [0, 0.05) is 43.2 Å². The summed E-state index contributed by atoms with van der Waals surface area (Å²) >= 11 is 0. The normalized spacial score (nSPS) is 25.1. The van der Waals surface area contributed by atoms with Gasteiger partial charge in [-0.2, -0.15) is 0 Å². The van der Waals surface area contributed by atoms with Crippen LogP contribution in [-0.2, 0) is 0 Å². The standard InChI is InChI=1S/C15H15N5O3/c1-8-4-17-11(5-16-8)15(22)20-6-9-10(7-20)13(9)19-14(21)12-2-3-18-23-12/h2-5,9-10,13H,6-7H2,1H3,(H,19,21)/t9-,10+,13?. The van der Waals surface area contributed by atoms with Crippen molar-refractivity contribution in [2.24, 2.45) is 11.8 Å². The lowest BCUT2D eigenvalue weighted by Crippen LogP contribution is -2.37. The zero-order valence-electron chi connectivity index (χ0n) is 12.5. The zero-order valence-corrected chi connectivity index (χ0v) is 12.5. The van der Waals surface area contributed by atoms with Crippen LogP contribution in [0.2, 0.25) is 0 Å². The molecule has 1 N–H and O–H groups in total. The quantitative estimate of drug-likeness (QED) is 0.873. The number of nitrogens with zero attached hydrogens (tertiary/aromatic N) is 4. The first kappa shape index (κ1) is 13.9. The summed E-state index contributed by atoms with van der Waals surface area (Å²) in [5, 5.41) is 6.44. The topological polar surface area (TPSA) is 101 Å². The first-order chi connectivity index (χ1) is 11.1. The minimum atomic E-state index is -0.260. The van der Waals surface area contributed by atoms with Gasteiger partial charge in [-0.3, -0.25) is 14.6 Å². The van der Waals surface area contributed by atoms with E-state index < -0.39 is 0 Å². The Kier molecular flexibility index (Phi) is 3.10. The Balaban J connectivity index is 1.34. The van der Waals surface area contributed by atoms with E-state index >= 15 is 0 Å². The maximum Gasteiger partial charge on any atom is 0.290 e. The molecule has 1 saturated heterocycles. The lowest BCUT2D eigenvalue weighted by Gasteiger charge is -2.19. The van der Waals surface area contributed by atoms with Gasteiger partial charge >= 0.3 is 0 Å². The lowest BCUT2D eigenvalue weighted by atomic mass is 10.3. The van der Waals surface area contributed by atoms with Crippen LogP contribution in [0, 0.1) is 18.8 Å². The highest BCUT2D eigenvalue weighted by molar-refractivity contribution is 5.93. The van der Waals surface area contributed by atoms with E-state index in [0.717, 1.165) is 5.69 Å². The van der Waals surface area contributed by atoms with Gasteiger partial charge in [0.15, 0.2) is 0 Å². The van der Waals surface area contributed by atoms with Gasteiger partial charge in [0.25, 0.3) is 11.8 Å². The number of carbonyl (C=O) groups excluding carboxylic acids is 2. The number of aryl methyl sites for hydroxylation is 1. The molecule has 0 aromatic carbocycles. The third kappa shape index (κ3) is 2.45. The number of piperidine rings is 1. The van der Waals surface area contributed by atoms with Gasteiger partial charge in [-0.15, -0.1) is 0 Å². The van der Waals surface area contributed by atoms with Crippen molar-refractivity contribution < 1.29 is 14.1 Å². The van der Waals surface area contributed by atoms with E-state index in [9.17, 15) is 9.59 Å². The summed E-state index contributed by atoms with van der Waals surface area (Å²) in [5.41, 5.74) is 1.14. The Morgan fingerprint density at radius 2 is 2.04 bits per heavy atom. The molecule has 2 fully saturated rings. The summed E-state index contributed by atoms with van der Waals surface area (Å²) in [6, 6.07) is 1.63. The van der Waals surface area contributed by atoms with Crippen LogP contribution in [0.1, 0.15) is 26.7 Å². The zero-order chi connectivity index (χ0) is 16.0. The molecule has 3 heterocycles. The monoisotopic (exact) mass is 313 g/mol. The molecule has 1 unspecified atom stereocenters. The molecular formula is C15H15N5O3. The van der Waals surface area contributed by atoms with Crippen molar-refractivity contribution in [3.05, 3.63) is 41.8 Å². The van der Waals surface area contributed by atoms with E-state index in [1.807, 2.05) is 6.92 Å². The summed E-state index contributed by atoms with van der Waals surface area (Å²) in [4.78, 5) is 34.3. The molecule has 0 bridgehead atoms. The molecule has 4 rings (SSSR count). The molecule has 23 heavy (non-hydrogen) atoms. The highest BCUT2D eigenvalue weighted by Gasteiger charge is 2.57. The van der Waals surface area contributed by atoms with Crippen molar-refractivity contribution in [3.8, 4) is 0 Å². The maximum absolute atomic E-state index is 12.4. The highest BCUT2D eigenvalue weighted by Crippen LogP contribution is 2.45. The summed E-state index contributed by atoms with van der Waals surface area (Å²) < 4.78 is 4.83. The number of hydrogen-bond donors (Lipinski definition) is 1. The molecule has 0 radical (unpaired) electrons. The second-order valence-electron chi connectivity index (χ2n) is 5.96. The van der Waals surface area contributed by atoms with Crippen molar-refractivity contribution in [3.63, 3.8) is 0 Å². The van der Waals surface area contributed by atoms with Crippen molar-refractivity contribution >= 4 is 11.8 Å². The Labute approximate surface area is 131 Å². The predicted molar refractivity (Wildman–Crippen MR) is 77.4 cm³/mol. The fourth-order valence-corrected chi connectivity index (χ4v) is 3.13. The maximum atomic E-state index is 12.4. The third-order valence-corrected chi connectivity index (χ3v) is 4.44. The minimum Gasteiger partial charge on any atom is -0.351 e. The minimum absolute atomic E-state index is 0.0979. The van der Waals surface area contributed by atoms with Gasteiger partial charge in [-0.25, -0.2) is 4.98 Å². The SMILES string of the molecule is Cc1cnc(C(=O)N2C[C@@H]3C(NC(=O)c4ccno4)[C@@H]3C2)cn1. The van der Waals surface area contributed by atoms with Crippen molar-refractivity contribution in [2.75, 3.05) is 13.1 Å². The predicted octanol–water partition coefficient (Wildman–Crippen LogP) is 0.273. The van der Waals surface area contributed by atoms with Crippen LogP contribution < -0.4 is 5.32 Å². The van der Waals surface area contributed by atoms with E-state index in [1.54, 1.807) is 11.1 Å². The van der Waals surface area contributed by atoms with Gasteiger partial charge in [-0.05, 0) is 6.92 Å². The van der Waals surface area contributed by atoms with Crippen LogP contribution >= 0.6 is 0 Å². The molecule has 8 nitrogen and oxygen atoms in total. The molecule has 8 heteroatoms. The summed E-state index contributed by atoms with van der Waals surface area (Å²) in [6.45, 7) is 3.08. The van der Waals surface area contributed by atoms with Crippen LogP contribution in [0.25, 0.3) is 0 Å². The Bertz CT molecular complexity index is 731. The number of carbonyl (C=O) groups is 2. The molecule has 3 atom stereocenters. The second kappa shape index (κ2) is 5.15. The Morgan fingerprint density at radius 3 is 2.65 bits per heavy atom. The van der Waals surface area contributed by atoms with Crippen LogP contribution in [0.15, 0.2) is 29.2 Å². The fraction of sp³-hybridized carbons (Fsp3) is 0.400. The van der Waals surface area contributed by atoms with E-state index in [2.05, 4.69) is 20.4 Å². The van der Waals surface area contributed by atoms with Crippen molar-refractivity contribution in [1.29, 1.82) is 0 Å². The Hall–Kier alpha value is -2.77. The van der Waals surface area contributed by atoms with Gasteiger partial charge in [-0.1, -0.05) is 5.16 Å². The Morgan fingerprint density at radius 1 is 1.26 bits per heavy atom. The van der Waals surface area contributed by atoms with Crippen LogP contribution in [0.3, 0.4) is 0 Å². The second-order valence-corrected chi connectivity index (χ2v) is 5.96. The number of rotatable bonds is 3. The van der Waals surface area contributed by atoms with Crippen molar-refractivity contribution in [1.82, 2.24) is 25.3 Å². The van der Waals surface area contributed by atoms with Crippen LogP contribution in [0.5, 0.6) is 0 Å². The van der Waals surface area contributed by atoms with Gasteiger partial charge in [0.05, 0.1) is 18.1 Å². The molecule has 2 aliphatic rings. The average Bonchev–Trinajstić information content (AvgIpc) is 3.00. The van der Waals surface area contributed by atoms with E-state index in [-0.39, 0.29) is 23.6 Å². The number of fused-ring (bicyclic) bond motifs is 1. The van der Waals surface area contributed by atoms with Gasteiger partial charge in [0.1, 0.15) is 5.69 Å². The number of amides is 2. The molecule has 2 amide bonds. The molecular weight excluding hydrogens is 298 g/mol. The van der Waals surface area contributed by atoms with E-state index in [0.29, 0.717) is 30.6 Å². The van der Waals surface area contributed by atoms with Gasteiger partial charge in [0.2, 0.25) is 5.76 Å². The summed E-state index contributed by atoms with van der Waals surface area (Å²) in [5.74, 6) is 0.431. The van der Waals surface area contributed by atoms with Crippen LogP contribution in [0.4, 0.5) is 0 Å². The molecule has 1 saturated carbocycles. The third-order valence-electron chi connectivity index (χ3n) is 4.44. The first-order valence-corrected chi connectivity index (χ1v) is 7.43. The van der Waals surface area contributed by atoms with Crippen LogP contribution in [-0.4, -0.2) is 51.0 Å². The van der Waals surface area contributed by atoms with Gasteiger partial charge < -0.3 is 14.7 Å². The molecule has 2 aromatic heterocycles. The summed E-state index contributed by atoms with van der Waals surface area (Å²) in [7, 11) is 0. The largest absolute Gasteiger partial charge is 0.351 e. The van der Waals surface area contributed by atoms with E-state index in [1.165, 1.54) is 18.5 Å². The molecule has 1 aliphatic heterocycles. The number of aromatic nitrogens is 3. The van der Waals surface area contributed by atoms with E-state index in [4.69, 9.17) is 4.52 Å². The lowest BCUT2D eigenvalue weighted by molar-refractivity contribution is 0.0762. The average molecular weight is 313 g/mol.